The molecule has 0 spiro atoms. The number of likely N-dealkylation sites (tertiary alicyclic amines) is 1. The highest BCUT2D eigenvalue weighted by Crippen LogP contribution is 2.24. The van der Waals surface area contributed by atoms with Gasteiger partial charge in [-0.3, -0.25) is 4.79 Å². The second-order valence-corrected chi connectivity index (χ2v) is 3.89. The fraction of sp³-hybridized carbons (Fsp3) is 0.308. The fourth-order valence-electron chi connectivity index (χ4n) is 1.85. The average Bonchev–Trinajstić information content (AvgIpc) is 2.62. The predicted molar refractivity (Wildman–Crippen MR) is 63.2 cm³/mol. The summed E-state index contributed by atoms with van der Waals surface area (Å²) in [4.78, 5) is 13.5. The molecule has 1 fully saturated rings. The molecule has 1 saturated heterocycles. The lowest BCUT2D eigenvalue weighted by Crippen LogP contribution is -2.18. The molecule has 1 heterocycles. The molecule has 3 nitrogen and oxygen atoms in total. The van der Waals surface area contributed by atoms with E-state index in [9.17, 15) is 4.79 Å². The average molecular weight is 217 g/mol. The summed E-state index contributed by atoms with van der Waals surface area (Å²) in [6, 6.07) is 7.72. The molecule has 0 bridgehead atoms. The Morgan fingerprint density at radius 2 is 2.12 bits per heavy atom. The molecule has 1 amide bonds. The van der Waals surface area contributed by atoms with Crippen LogP contribution in [0.4, 0.5) is 0 Å². The summed E-state index contributed by atoms with van der Waals surface area (Å²) >= 11 is 0. The summed E-state index contributed by atoms with van der Waals surface area (Å²) in [6.07, 6.45) is 2.73. The van der Waals surface area contributed by atoms with E-state index in [1.807, 2.05) is 37.4 Å². The number of rotatable bonds is 2. The SMILES string of the molecule is COc1ccccc1C=C1CCN(C)C1=O. The summed E-state index contributed by atoms with van der Waals surface area (Å²) < 4.78 is 5.25. The first-order chi connectivity index (χ1) is 7.72. The van der Waals surface area contributed by atoms with Crippen molar-refractivity contribution in [2.24, 2.45) is 0 Å². The number of benzene rings is 1. The monoisotopic (exact) mass is 217 g/mol. The van der Waals surface area contributed by atoms with Crippen LogP contribution in [-0.4, -0.2) is 31.5 Å². The topological polar surface area (TPSA) is 29.5 Å². The first-order valence-corrected chi connectivity index (χ1v) is 5.31. The highest BCUT2D eigenvalue weighted by atomic mass is 16.5. The number of hydrogen-bond donors (Lipinski definition) is 0. The lowest BCUT2D eigenvalue weighted by Gasteiger charge is -2.06. The van der Waals surface area contributed by atoms with Crippen molar-refractivity contribution < 1.29 is 9.53 Å². The number of para-hydroxylation sites is 1. The van der Waals surface area contributed by atoms with E-state index in [2.05, 4.69) is 0 Å². The van der Waals surface area contributed by atoms with Gasteiger partial charge >= 0.3 is 0 Å². The summed E-state index contributed by atoms with van der Waals surface area (Å²) in [7, 11) is 3.46. The van der Waals surface area contributed by atoms with Crippen LogP contribution in [0.5, 0.6) is 5.75 Å². The highest BCUT2D eigenvalue weighted by molar-refractivity contribution is 5.99. The highest BCUT2D eigenvalue weighted by Gasteiger charge is 2.22. The summed E-state index contributed by atoms with van der Waals surface area (Å²) in [6.45, 7) is 0.805. The Hall–Kier alpha value is -1.77. The third kappa shape index (κ3) is 1.94. The number of hydrogen-bond acceptors (Lipinski definition) is 2. The molecular formula is C13H15NO2. The second-order valence-electron chi connectivity index (χ2n) is 3.89. The Morgan fingerprint density at radius 1 is 1.38 bits per heavy atom. The molecule has 1 aliphatic heterocycles. The van der Waals surface area contributed by atoms with Crippen LogP contribution in [0.3, 0.4) is 0 Å². The van der Waals surface area contributed by atoms with E-state index < -0.39 is 0 Å². The summed E-state index contributed by atoms with van der Waals surface area (Å²) in [5.74, 6) is 0.920. The van der Waals surface area contributed by atoms with Gasteiger partial charge in [0.1, 0.15) is 5.75 Å². The Morgan fingerprint density at radius 3 is 2.75 bits per heavy atom. The number of methoxy groups -OCH3 is 1. The molecule has 0 unspecified atom stereocenters. The Kier molecular flexibility index (Phi) is 2.95. The quantitative estimate of drug-likeness (QED) is 0.708. The van der Waals surface area contributed by atoms with Crippen LogP contribution in [-0.2, 0) is 4.79 Å². The van der Waals surface area contributed by atoms with E-state index in [-0.39, 0.29) is 5.91 Å². The maximum Gasteiger partial charge on any atom is 0.249 e. The molecule has 84 valence electrons. The van der Waals surface area contributed by atoms with Crippen molar-refractivity contribution in [2.75, 3.05) is 20.7 Å². The number of carbonyl (C=O) groups is 1. The van der Waals surface area contributed by atoms with Crippen molar-refractivity contribution >= 4 is 12.0 Å². The van der Waals surface area contributed by atoms with Crippen molar-refractivity contribution in [2.45, 2.75) is 6.42 Å². The zero-order valence-electron chi connectivity index (χ0n) is 9.56. The van der Waals surface area contributed by atoms with Crippen molar-refractivity contribution in [1.82, 2.24) is 4.90 Å². The lowest BCUT2D eigenvalue weighted by atomic mass is 10.1. The van der Waals surface area contributed by atoms with Crippen LogP contribution in [0.2, 0.25) is 0 Å². The van der Waals surface area contributed by atoms with Crippen molar-refractivity contribution in [3.63, 3.8) is 0 Å². The minimum absolute atomic E-state index is 0.117. The number of amides is 1. The molecule has 1 aliphatic rings. The minimum Gasteiger partial charge on any atom is -0.496 e. The van der Waals surface area contributed by atoms with Crippen LogP contribution < -0.4 is 4.74 Å². The zero-order valence-corrected chi connectivity index (χ0v) is 9.56. The van der Waals surface area contributed by atoms with E-state index in [0.29, 0.717) is 0 Å². The first kappa shape index (κ1) is 10.7. The Bertz CT molecular complexity index is 437. The third-order valence-corrected chi connectivity index (χ3v) is 2.81. The Balaban J connectivity index is 2.32. The second kappa shape index (κ2) is 4.39. The molecule has 2 rings (SSSR count). The molecule has 3 heteroatoms. The van der Waals surface area contributed by atoms with E-state index in [0.717, 1.165) is 29.9 Å². The maximum absolute atomic E-state index is 11.7. The van der Waals surface area contributed by atoms with Gasteiger partial charge in [-0.1, -0.05) is 18.2 Å². The van der Waals surface area contributed by atoms with Crippen molar-refractivity contribution in [3.05, 3.63) is 35.4 Å². The van der Waals surface area contributed by atoms with Gasteiger partial charge in [0.2, 0.25) is 5.91 Å². The van der Waals surface area contributed by atoms with E-state index >= 15 is 0 Å². The van der Waals surface area contributed by atoms with Gasteiger partial charge in [-0.25, -0.2) is 0 Å². The number of nitrogens with zero attached hydrogens (tertiary/aromatic N) is 1. The molecule has 0 aromatic heterocycles. The van der Waals surface area contributed by atoms with Crippen LogP contribution in [0.15, 0.2) is 29.8 Å². The van der Waals surface area contributed by atoms with Gasteiger partial charge in [0.15, 0.2) is 0 Å². The minimum atomic E-state index is 0.117. The van der Waals surface area contributed by atoms with Crippen LogP contribution >= 0.6 is 0 Å². The lowest BCUT2D eigenvalue weighted by molar-refractivity contribution is -0.123. The molecule has 0 atom stereocenters. The van der Waals surface area contributed by atoms with E-state index in [1.165, 1.54) is 0 Å². The Labute approximate surface area is 95.3 Å². The zero-order chi connectivity index (χ0) is 11.5. The molecule has 0 saturated carbocycles. The van der Waals surface area contributed by atoms with Gasteiger partial charge in [0.05, 0.1) is 7.11 Å². The van der Waals surface area contributed by atoms with Gasteiger partial charge in [-0.2, -0.15) is 0 Å². The number of ether oxygens (including phenoxy) is 1. The van der Waals surface area contributed by atoms with E-state index in [4.69, 9.17) is 4.74 Å². The van der Waals surface area contributed by atoms with Crippen LogP contribution in [0.25, 0.3) is 6.08 Å². The standard InChI is InChI=1S/C13H15NO2/c1-14-8-7-11(13(14)15)9-10-5-3-4-6-12(10)16-2/h3-6,9H,7-8H2,1-2H3. The van der Waals surface area contributed by atoms with Crippen LogP contribution in [0, 0.1) is 0 Å². The molecule has 0 radical (unpaired) electrons. The van der Waals surface area contributed by atoms with Gasteiger partial charge < -0.3 is 9.64 Å². The molecule has 0 N–H and O–H groups in total. The number of likely N-dealkylation sites (N-methyl/N-ethyl adjacent to an activating group) is 1. The summed E-state index contributed by atoms with van der Waals surface area (Å²) in [5.41, 5.74) is 1.82. The van der Waals surface area contributed by atoms with Gasteiger partial charge in [-0.05, 0) is 18.6 Å². The first-order valence-electron chi connectivity index (χ1n) is 5.31. The molecule has 0 aliphatic carbocycles. The molecular weight excluding hydrogens is 202 g/mol. The van der Waals surface area contributed by atoms with Crippen molar-refractivity contribution in [1.29, 1.82) is 0 Å². The normalized spacial score (nSPS) is 18.2. The fourth-order valence-corrected chi connectivity index (χ4v) is 1.85. The van der Waals surface area contributed by atoms with Crippen LogP contribution in [0.1, 0.15) is 12.0 Å². The number of carbonyl (C=O) groups excluding carboxylic acids is 1. The molecule has 1 aromatic carbocycles. The molecule has 16 heavy (non-hydrogen) atoms. The molecule has 1 aromatic rings. The predicted octanol–water partition coefficient (Wildman–Crippen LogP) is 1.94. The summed E-state index contributed by atoms with van der Waals surface area (Å²) in [5, 5.41) is 0. The van der Waals surface area contributed by atoms with Crippen molar-refractivity contribution in [3.8, 4) is 5.75 Å². The largest absolute Gasteiger partial charge is 0.496 e. The van der Waals surface area contributed by atoms with Gasteiger partial charge in [0.25, 0.3) is 0 Å². The van der Waals surface area contributed by atoms with Gasteiger partial charge in [-0.15, -0.1) is 0 Å². The van der Waals surface area contributed by atoms with Gasteiger partial charge in [0, 0.05) is 24.7 Å². The van der Waals surface area contributed by atoms with E-state index in [1.54, 1.807) is 12.0 Å². The third-order valence-electron chi connectivity index (χ3n) is 2.81. The smallest absolute Gasteiger partial charge is 0.249 e. The maximum atomic E-state index is 11.7.